The molecule has 0 bridgehead atoms. The van der Waals surface area contributed by atoms with Crippen LogP contribution in [0.2, 0.25) is 5.02 Å². The number of anilines is 1. The first-order valence-electron chi connectivity index (χ1n) is 16.8. The van der Waals surface area contributed by atoms with Gasteiger partial charge in [-0.05, 0) is 106 Å². The molecule has 4 aliphatic rings. The molecule has 0 radical (unpaired) electrons. The van der Waals surface area contributed by atoms with Crippen LogP contribution < -0.4 is 10.6 Å². The van der Waals surface area contributed by atoms with Gasteiger partial charge < -0.3 is 30.2 Å². The molecule has 0 saturated carbocycles. The second-order valence-corrected chi connectivity index (χ2v) is 13.9. The Hall–Kier alpha value is -3.34. The van der Waals surface area contributed by atoms with Crippen molar-refractivity contribution in [3.05, 3.63) is 64.2 Å². The predicted molar refractivity (Wildman–Crippen MR) is 178 cm³/mol. The summed E-state index contributed by atoms with van der Waals surface area (Å²) in [6, 6.07) is 12.8. The number of nitrogens with zero attached hydrogens (tertiary/aromatic N) is 4. The fourth-order valence-electron chi connectivity index (χ4n) is 7.63. The molecule has 1 atom stereocenters. The number of halogens is 1. The summed E-state index contributed by atoms with van der Waals surface area (Å²) >= 11 is 6.27. The van der Waals surface area contributed by atoms with E-state index in [2.05, 4.69) is 22.6 Å². The lowest BCUT2D eigenvalue weighted by atomic mass is 9.79. The van der Waals surface area contributed by atoms with Crippen LogP contribution in [0, 0.1) is 18.8 Å². The van der Waals surface area contributed by atoms with Crippen LogP contribution in [0.5, 0.6) is 0 Å². The fraction of sp³-hybridized carbons (Fsp3) is 0.571. The van der Waals surface area contributed by atoms with E-state index in [1.807, 2.05) is 59.2 Å². The lowest BCUT2D eigenvalue weighted by Gasteiger charge is -2.40. The van der Waals surface area contributed by atoms with E-state index < -0.39 is 12.1 Å². The van der Waals surface area contributed by atoms with Crippen molar-refractivity contribution in [2.75, 3.05) is 51.6 Å². The van der Waals surface area contributed by atoms with Crippen molar-refractivity contribution in [1.82, 2.24) is 25.1 Å². The Morgan fingerprint density at radius 2 is 1.63 bits per heavy atom. The summed E-state index contributed by atoms with van der Waals surface area (Å²) in [5.41, 5.74) is 3.82. The molecule has 0 aromatic heterocycles. The summed E-state index contributed by atoms with van der Waals surface area (Å²) in [6.45, 7) is 7.24. The van der Waals surface area contributed by atoms with Crippen LogP contribution in [0.15, 0.2) is 42.5 Å². The van der Waals surface area contributed by atoms with Gasteiger partial charge in [0.05, 0.1) is 0 Å². The molecule has 4 amide bonds. The lowest BCUT2D eigenvalue weighted by Crippen LogP contribution is -2.54. The SMILES string of the molecule is Cc1cc(CC(NC(=O)ON2CCC(N3Cc4ccccc4NC3=O)CC2)C(=O)N2CCC(C3CCN(C)CC3)CC2)ccc1Cl. The Labute approximate surface area is 277 Å². The number of aryl methyl sites for hydroxylation is 1. The maximum atomic E-state index is 13.9. The number of carbonyl (C=O) groups excluding carboxylic acids is 3. The summed E-state index contributed by atoms with van der Waals surface area (Å²) in [4.78, 5) is 51.9. The Balaban J connectivity index is 1.04. The third-order valence-electron chi connectivity index (χ3n) is 10.5. The standard InChI is InChI=1S/C35H47ClN6O4/c1-24-21-25(7-8-30(24)36)22-32(33(43)40-17-11-27(12-18-40)26-9-15-39(2)16-10-26)38-35(45)46-41-19-13-29(14-20-41)42-23-28-5-3-4-6-31(28)37-34(42)44/h3-8,21,26-27,29,32H,9-20,22-23H2,1-2H3,(H,37,44)(H,38,45). The molecule has 2 aromatic carbocycles. The molecule has 3 fully saturated rings. The Morgan fingerprint density at radius 1 is 0.957 bits per heavy atom. The molecule has 3 saturated heterocycles. The van der Waals surface area contributed by atoms with E-state index in [-0.39, 0.29) is 18.0 Å². The van der Waals surface area contributed by atoms with Crippen LogP contribution in [0.3, 0.4) is 0 Å². The van der Waals surface area contributed by atoms with Crippen LogP contribution in [0.4, 0.5) is 15.3 Å². The molecule has 11 heteroatoms. The van der Waals surface area contributed by atoms with Gasteiger partial charge in [0, 0.05) is 55.9 Å². The van der Waals surface area contributed by atoms with Gasteiger partial charge in [0.25, 0.3) is 0 Å². The van der Waals surface area contributed by atoms with E-state index in [0.717, 1.165) is 54.2 Å². The maximum absolute atomic E-state index is 13.9. The molecule has 0 aliphatic carbocycles. The van der Waals surface area contributed by atoms with Crippen molar-refractivity contribution >= 4 is 35.3 Å². The van der Waals surface area contributed by atoms with Gasteiger partial charge in [0.15, 0.2) is 0 Å². The van der Waals surface area contributed by atoms with Crippen molar-refractivity contribution < 1.29 is 19.2 Å². The summed E-state index contributed by atoms with van der Waals surface area (Å²) in [6.07, 6.45) is 5.57. The van der Waals surface area contributed by atoms with Crippen molar-refractivity contribution in [1.29, 1.82) is 0 Å². The predicted octanol–water partition coefficient (Wildman–Crippen LogP) is 5.29. The van der Waals surface area contributed by atoms with Gasteiger partial charge in [-0.3, -0.25) is 4.79 Å². The summed E-state index contributed by atoms with van der Waals surface area (Å²) in [5.74, 6) is 1.32. The average molecular weight is 651 g/mol. The van der Waals surface area contributed by atoms with Crippen LogP contribution in [-0.2, 0) is 22.6 Å². The summed E-state index contributed by atoms with van der Waals surface area (Å²) in [5, 5.41) is 8.21. The molecule has 1 unspecified atom stereocenters. The van der Waals surface area contributed by atoms with E-state index in [4.69, 9.17) is 16.4 Å². The number of urea groups is 1. The molecule has 6 rings (SSSR count). The zero-order valence-electron chi connectivity index (χ0n) is 27.1. The number of hydrogen-bond donors (Lipinski definition) is 2. The van der Waals surface area contributed by atoms with Crippen LogP contribution in [0.1, 0.15) is 55.2 Å². The molecular formula is C35H47ClN6O4. The Bertz CT molecular complexity index is 1400. The summed E-state index contributed by atoms with van der Waals surface area (Å²) in [7, 11) is 2.19. The number of piperidine rings is 3. The quantitative estimate of drug-likeness (QED) is 0.423. The first-order chi connectivity index (χ1) is 22.2. The molecule has 2 aromatic rings. The van der Waals surface area contributed by atoms with Crippen LogP contribution in [0.25, 0.3) is 0 Å². The van der Waals surface area contributed by atoms with Crippen LogP contribution >= 0.6 is 11.6 Å². The van der Waals surface area contributed by atoms with Gasteiger partial charge in [-0.2, -0.15) is 0 Å². The van der Waals surface area contributed by atoms with E-state index in [1.165, 1.54) is 12.8 Å². The molecule has 0 spiro atoms. The number of likely N-dealkylation sites (tertiary alicyclic amines) is 2. The fourth-order valence-corrected chi connectivity index (χ4v) is 7.75. The van der Waals surface area contributed by atoms with Crippen LogP contribution in [-0.4, -0.2) is 96.2 Å². The number of hydroxylamine groups is 2. The van der Waals surface area contributed by atoms with E-state index in [9.17, 15) is 14.4 Å². The smallest absolute Gasteiger partial charge is 0.351 e. The van der Waals surface area contributed by atoms with Crippen molar-refractivity contribution in [3.8, 4) is 0 Å². The van der Waals surface area contributed by atoms with Gasteiger partial charge >= 0.3 is 12.1 Å². The second kappa shape index (κ2) is 14.6. The third-order valence-corrected chi connectivity index (χ3v) is 10.9. The Kier molecular flexibility index (Phi) is 10.4. The normalized spacial score (nSPS) is 21.4. The van der Waals surface area contributed by atoms with Crippen molar-refractivity contribution in [2.24, 2.45) is 11.8 Å². The molecular weight excluding hydrogens is 604 g/mol. The first-order valence-corrected chi connectivity index (χ1v) is 17.2. The molecule has 4 aliphatic heterocycles. The lowest BCUT2D eigenvalue weighted by molar-refractivity contribution is -0.137. The number of benzene rings is 2. The number of hydrogen-bond acceptors (Lipinski definition) is 6. The zero-order chi connectivity index (χ0) is 32.2. The molecule has 4 heterocycles. The van der Waals surface area contributed by atoms with Gasteiger partial charge in [0.1, 0.15) is 6.04 Å². The molecule has 10 nitrogen and oxygen atoms in total. The number of para-hydroxylation sites is 1. The van der Waals surface area contributed by atoms with E-state index >= 15 is 0 Å². The van der Waals surface area contributed by atoms with Gasteiger partial charge in [-0.25, -0.2) is 9.59 Å². The minimum absolute atomic E-state index is 0.0520. The highest BCUT2D eigenvalue weighted by molar-refractivity contribution is 6.31. The third kappa shape index (κ3) is 7.78. The Morgan fingerprint density at radius 3 is 2.33 bits per heavy atom. The van der Waals surface area contributed by atoms with Crippen molar-refractivity contribution in [2.45, 2.75) is 70.5 Å². The molecule has 46 heavy (non-hydrogen) atoms. The highest BCUT2D eigenvalue weighted by atomic mass is 35.5. The van der Waals surface area contributed by atoms with E-state index in [1.54, 1.807) is 5.06 Å². The molecule has 248 valence electrons. The van der Waals surface area contributed by atoms with Gasteiger partial charge in [-0.1, -0.05) is 41.9 Å². The van der Waals surface area contributed by atoms with E-state index in [0.29, 0.717) is 62.9 Å². The second-order valence-electron chi connectivity index (χ2n) is 13.5. The monoisotopic (exact) mass is 650 g/mol. The molecule has 2 N–H and O–H groups in total. The van der Waals surface area contributed by atoms with Gasteiger partial charge in [0.2, 0.25) is 5.91 Å². The minimum atomic E-state index is -0.748. The zero-order valence-corrected chi connectivity index (χ0v) is 27.8. The number of rotatable bonds is 7. The topological polar surface area (TPSA) is 97.5 Å². The number of carbonyl (C=O) groups is 3. The largest absolute Gasteiger partial charge is 0.426 e. The minimum Gasteiger partial charge on any atom is -0.351 e. The summed E-state index contributed by atoms with van der Waals surface area (Å²) < 4.78 is 0. The van der Waals surface area contributed by atoms with Crippen molar-refractivity contribution in [3.63, 3.8) is 0 Å². The number of amides is 4. The average Bonchev–Trinajstić information content (AvgIpc) is 3.06. The maximum Gasteiger partial charge on any atom is 0.426 e. The number of nitrogens with one attached hydrogen (secondary N) is 2. The first kappa shape index (κ1) is 32.6. The highest BCUT2D eigenvalue weighted by Gasteiger charge is 2.35. The highest BCUT2D eigenvalue weighted by Crippen LogP contribution is 2.33. The number of fused-ring (bicyclic) bond motifs is 1. The van der Waals surface area contributed by atoms with Gasteiger partial charge in [-0.15, -0.1) is 5.06 Å².